The minimum atomic E-state index is 0.558. The van der Waals surface area contributed by atoms with Crippen molar-refractivity contribution in [2.24, 2.45) is 5.41 Å². The lowest BCUT2D eigenvalue weighted by Crippen LogP contribution is -2.55. The van der Waals surface area contributed by atoms with Crippen molar-refractivity contribution in [1.82, 2.24) is 15.1 Å². The standard InChI is InChI=1S/C10H22N2O.C10H19NO.C2H6/c1-9(2)12-6-5-11-8-10(12)4-7-13-3;1-9(2)11-5-3-4-10(6-11)7-12-8-10;1-2/h9-11H,4-8H2,1-3H3;9H,3-8H2,1-2H3;1-2H3. The molecule has 0 amide bonds. The molecule has 0 aliphatic carbocycles. The maximum Gasteiger partial charge on any atom is 0.0557 e. The Morgan fingerprint density at radius 3 is 2.33 bits per heavy atom. The average molecular weight is 386 g/mol. The number of nitrogens with one attached hydrogen (secondary N) is 1. The van der Waals surface area contributed by atoms with Gasteiger partial charge in [0.05, 0.1) is 13.2 Å². The van der Waals surface area contributed by atoms with E-state index in [2.05, 4.69) is 42.8 Å². The fourth-order valence-electron chi connectivity index (χ4n) is 4.29. The van der Waals surface area contributed by atoms with Crippen molar-refractivity contribution in [3.63, 3.8) is 0 Å². The van der Waals surface area contributed by atoms with Crippen LogP contribution in [0.2, 0.25) is 0 Å². The molecule has 0 aromatic rings. The molecule has 3 saturated heterocycles. The number of piperidine rings is 1. The van der Waals surface area contributed by atoms with E-state index in [1.54, 1.807) is 7.11 Å². The summed E-state index contributed by atoms with van der Waals surface area (Å²) in [7, 11) is 1.77. The molecular formula is C22H47N3O2. The summed E-state index contributed by atoms with van der Waals surface area (Å²) in [4.78, 5) is 5.15. The second-order valence-electron chi connectivity index (χ2n) is 8.63. The fraction of sp³-hybridized carbons (Fsp3) is 1.00. The molecule has 0 radical (unpaired) electrons. The summed E-state index contributed by atoms with van der Waals surface area (Å²) in [6.07, 6.45) is 3.89. The third kappa shape index (κ3) is 7.98. The summed E-state index contributed by atoms with van der Waals surface area (Å²) < 4.78 is 10.4. The van der Waals surface area contributed by atoms with Crippen LogP contribution in [0.25, 0.3) is 0 Å². The van der Waals surface area contributed by atoms with E-state index in [0.717, 1.165) is 39.3 Å². The molecule has 3 rings (SSSR count). The second kappa shape index (κ2) is 13.1. The van der Waals surface area contributed by atoms with Gasteiger partial charge < -0.3 is 19.7 Å². The Morgan fingerprint density at radius 2 is 1.81 bits per heavy atom. The quantitative estimate of drug-likeness (QED) is 0.786. The molecule has 3 fully saturated rings. The van der Waals surface area contributed by atoms with E-state index in [0.29, 0.717) is 23.5 Å². The van der Waals surface area contributed by atoms with Crippen LogP contribution >= 0.6 is 0 Å². The first-order valence-electron chi connectivity index (χ1n) is 11.2. The molecule has 0 saturated carbocycles. The molecule has 27 heavy (non-hydrogen) atoms. The van der Waals surface area contributed by atoms with Crippen LogP contribution in [-0.4, -0.2) is 87.6 Å². The highest BCUT2D eigenvalue weighted by molar-refractivity contribution is 4.92. The number of likely N-dealkylation sites (tertiary alicyclic amines) is 1. The van der Waals surface area contributed by atoms with Gasteiger partial charge in [0.1, 0.15) is 0 Å². The van der Waals surface area contributed by atoms with Crippen molar-refractivity contribution < 1.29 is 9.47 Å². The summed E-state index contributed by atoms with van der Waals surface area (Å²) in [6.45, 7) is 22.0. The van der Waals surface area contributed by atoms with Gasteiger partial charge in [-0.1, -0.05) is 13.8 Å². The molecule has 3 aliphatic rings. The van der Waals surface area contributed by atoms with Crippen molar-refractivity contribution in [2.45, 2.75) is 78.9 Å². The maximum atomic E-state index is 5.32. The van der Waals surface area contributed by atoms with Crippen molar-refractivity contribution in [3.05, 3.63) is 0 Å². The average Bonchev–Trinajstić information content (AvgIpc) is 2.67. The van der Waals surface area contributed by atoms with E-state index < -0.39 is 0 Å². The highest BCUT2D eigenvalue weighted by atomic mass is 16.5. The molecule has 1 N–H and O–H groups in total. The number of methoxy groups -OCH3 is 1. The summed E-state index contributed by atoms with van der Waals surface area (Å²) in [5, 5.41) is 3.43. The number of ether oxygens (including phenoxy) is 2. The Kier molecular flexibility index (Phi) is 12.1. The van der Waals surface area contributed by atoms with Gasteiger partial charge in [0.25, 0.3) is 0 Å². The monoisotopic (exact) mass is 385 g/mol. The molecule has 1 unspecified atom stereocenters. The summed E-state index contributed by atoms with van der Waals surface area (Å²) in [5.74, 6) is 0. The molecule has 5 nitrogen and oxygen atoms in total. The molecule has 0 aromatic heterocycles. The highest BCUT2D eigenvalue weighted by Crippen LogP contribution is 2.37. The van der Waals surface area contributed by atoms with Gasteiger partial charge in [-0.15, -0.1) is 0 Å². The lowest BCUT2D eigenvalue weighted by molar-refractivity contribution is -0.147. The molecular weight excluding hydrogens is 338 g/mol. The van der Waals surface area contributed by atoms with E-state index >= 15 is 0 Å². The zero-order chi connectivity index (χ0) is 20.3. The van der Waals surface area contributed by atoms with E-state index in [1.807, 2.05) is 13.8 Å². The predicted molar refractivity (Wildman–Crippen MR) is 116 cm³/mol. The molecule has 3 aliphatic heterocycles. The Labute approximate surface area is 169 Å². The lowest BCUT2D eigenvalue weighted by Gasteiger charge is -2.49. The van der Waals surface area contributed by atoms with Crippen LogP contribution in [0.3, 0.4) is 0 Å². The number of hydrogen-bond donors (Lipinski definition) is 1. The molecule has 1 atom stereocenters. The van der Waals surface area contributed by atoms with Crippen LogP contribution in [-0.2, 0) is 9.47 Å². The van der Waals surface area contributed by atoms with Gasteiger partial charge in [-0.05, 0) is 53.5 Å². The van der Waals surface area contributed by atoms with Gasteiger partial charge in [-0.2, -0.15) is 0 Å². The Hall–Kier alpha value is -0.200. The molecule has 1 spiro atoms. The van der Waals surface area contributed by atoms with Gasteiger partial charge in [-0.3, -0.25) is 4.90 Å². The largest absolute Gasteiger partial charge is 0.385 e. The zero-order valence-corrected chi connectivity index (χ0v) is 19.2. The molecule has 0 aromatic carbocycles. The van der Waals surface area contributed by atoms with Gasteiger partial charge in [0.15, 0.2) is 0 Å². The van der Waals surface area contributed by atoms with E-state index in [4.69, 9.17) is 9.47 Å². The SMILES string of the molecule is CC.CC(C)N1CCCC2(COC2)C1.COCCC1CNCCN1C(C)C. The van der Waals surface area contributed by atoms with Crippen LogP contribution in [0.1, 0.15) is 60.8 Å². The second-order valence-corrected chi connectivity index (χ2v) is 8.63. The molecule has 3 heterocycles. The number of rotatable bonds is 5. The minimum Gasteiger partial charge on any atom is -0.385 e. The van der Waals surface area contributed by atoms with Crippen molar-refractivity contribution in [2.75, 3.05) is 59.7 Å². The first-order chi connectivity index (χ1) is 13.0. The van der Waals surface area contributed by atoms with Gasteiger partial charge in [0.2, 0.25) is 0 Å². The van der Waals surface area contributed by atoms with Gasteiger partial charge in [0, 0.05) is 63.4 Å². The Morgan fingerprint density at radius 1 is 1.11 bits per heavy atom. The molecule has 5 heteroatoms. The van der Waals surface area contributed by atoms with Gasteiger partial charge >= 0.3 is 0 Å². The van der Waals surface area contributed by atoms with Crippen LogP contribution < -0.4 is 5.32 Å². The summed E-state index contributed by atoms with van der Waals surface area (Å²) >= 11 is 0. The number of nitrogens with zero attached hydrogens (tertiary/aromatic N) is 2. The zero-order valence-electron chi connectivity index (χ0n) is 19.2. The van der Waals surface area contributed by atoms with Crippen molar-refractivity contribution in [3.8, 4) is 0 Å². The van der Waals surface area contributed by atoms with Crippen LogP contribution in [0, 0.1) is 5.41 Å². The number of piperazine rings is 1. The third-order valence-corrected chi connectivity index (χ3v) is 5.95. The topological polar surface area (TPSA) is 37.0 Å². The lowest BCUT2D eigenvalue weighted by atomic mass is 9.78. The van der Waals surface area contributed by atoms with Crippen LogP contribution in [0.4, 0.5) is 0 Å². The van der Waals surface area contributed by atoms with Crippen molar-refractivity contribution in [1.29, 1.82) is 0 Å². The molecule has 162 valence electrons. The molecule has 0 bridgehead atoms. The summed E-state index contributed by atoms with van der Waals surface area (Å²) in [5.41, 5.74) is 0.558. The van der Waals surface area contributed by atoms with Crippen molar-refractivity contribution >= 4 is 0 Å². The van der Waals surface area contributed by atoms with E-state index in [1.165, 1.54) is 32.5 Å². The van der Waals surface area contributed by atoms with Crippen LogP contribution in [0.15, 0.2) is 0 Å². The third-order valence-electron chi connectivity index (χ3n) is 5.95. The first-order valence-corrected chi connectivity index (χ1v) is 11.2. The normalized spacial score (nSPS) is 25.4. The Bertz CT molecular complexity index is 373. The Balaban J connectivity index is 0.000000248. The van der Waals surface area contributed by atoms with E-state index in [-0.39, 0.29) is 0 Å². The number of hydrogen-bond acceptors (Lipinski definition) is 5. The predicted octanol–water partition coefficient (Wildman–Crippen LogP) is 3.24. The maximum absolute atomic E-state index is 5.32. The fourth-order valence-corrected chi connectivity index (χ4v) is 4.29. The van der Waals surface area contributed by atoms with E-state index in [9.17, 15) is 0 Å². The first kappa shape index (κ1) is 24.8. The van der Waals surface area contributed by atoms with Crippen LogP contribution in [0.5, 0.6) is 0 Å². The summed E-state index contributed by atoms with van der Waals surface area (Å²) in [6, 6.07) is 2.03. The smallest absolute Gasteiger partial charge is 0.0557 e. The van der Waals surface area contributed by atoms with Gasteiger partial charge in [-0.25, -0.2) is 0 Å². The highest BCUT2D eigenvalue weighted by Gasteiger charge is 2.42. The minimum absolute atomic E-state index is 0.558.